The number of benzene rings is 1. The molecule has 0 aliphatic carbocycles. The van der Waals surface area contributed by atoms with E-state index in [0.29, 0.717) is 0 Å². The number of nitrogens with zero attached hydrogens (tertiary/aromatic N) is 1. The molecular formula is C15H15N3O. The molecule has 96 valence electrons. The molecule has 3 aromatic rings. The lowest BCUT2D eigenvalue weighted by Crippen LogP contribution is -2.29. The summed E-state index contributed by atoms with van der Waals surface area (Å²) in [6.45, 7) is 0. The minimum atomic E-state index is 0.0329. The highest BCUT2D eigenvalue weighted by molar-refractivity contribution is 5.82. The molecule has 0 fully saturated rings. The van der Waals surface area contributed by atoms with Crippen LogP contribution in [0.25, 0.3) is 10.9 Å². The standard InChI is InChI=1S/C15H15N3O/c16-18-15(9-11-6-8-19-10-11)13-5-7-17-14-4-2-1-3-12(13)14/h1-8,10,15,18H,9,16H2. The van der Waals surface area contributed by atoms with Crippen molar-refractivity contribution in [2.75, 3.05) is 0 Å². The first kappa shape index (κ1) is 11.9. The van der Waals surface area contributed by atoms with Crippen LogP contribution in [-0.4, -0.2) is 4.98 Å². The van der Waals surface area contributed by atoms with E-state index in [2.05, 4.69) is 16.5 Å². The quantitative estimate of drug-likeness (QED) is 0.554. The molecule has 1 aromatic carbocycles. The Kier molecular flexibility index (Phi) is 3.27. The first-order chi connectivity index (χ1) is 9.38. The van der Waals surface area contributed by atoms with Crippen molar-refractivity contribution in [1.82, 2.24) is 10.4 Å². The maximum absolute atomic E-state index is 5.71. The smallest absolute Gasteiger partial charge is 0.0935 e. The van der Waals surface area contributed by atoms with E-state index in [1.165, 1.54) is 0 Å². The first-order valence-corrected chi connectivity index (χ1v) is 6.19. The van der Waals surface area contributed by atoms with Gasteiger partial charge in [-0.3, -0.25) is 16.3 Å². The minimum absolute atomic E-state index is 0.0329. The summed E-state index contributed by atoms with van der Waals surface area (Å²) in [4.78, 5) is 4.37. The molecule has 2 aromatic heterocycles. The number of hydrazine groups is 1. The molecule has 0 saturated carbocycles. The number of nitrogens with one attached hydrogen (secondary N) is 1. The summed E-state index contributed by atoms with van der Waals surface area (Å²) in [7, 11) is 0. The van der Waals surface area contributed by atoms with Crippen LogP contribution in [0.2, 0.25) is 0 Å². The number of fused-ring (bicyclic) bond motifs is 1. The molecule has 1 atom stereocenters. The molecule has 0 aliphatic rings. The predicted molar refractivity (Wildman–Crippen MR) is 74.2 cm³/mol. The zero-order valence-electron chi connectivity index (χ0n) is 10.4. The molecule has 0 radical (unpaired) electrons. The molecule has 1 unspecified atom stereocenters. The van der Waals surface area contributed by atoms with Crippen LogP contribution in [0.1, 0.15) is 17.2 Å². The molecule has 0 spiro atoms. The van der Waals surface area contributed by atoms with Crippen molar-refractivity contribution in [3.05, 3.63) is 66.2 Å². The maximum atomic E-state index is 5.71. The minimum Gasteiger partial charge on any atom is -0.472 e. The Morgan fingerprint density at radius 1 is 1.21 bits per heavy atom. The highest BCUT2D eigenvalue weighted by Gasteiger charge is 2.14. The molecule has 4 nitrogen and oxygen atoms in total. The van der Waals surface area contributed by atoms with Gasteiger partial charge in [-0.25, -0.2) is 0 Å². The van der Waals surface area contributed by atoms with Crippen LogP contribution < -0.4 is 11.3 Å². The molecule has 0 amide bonds. The van der Waals surface area contributed by atoms with Crippen LogP contribution in [0.4, 0.5) is 0 Å². The van der Waals surface area contributed by atoms with Crippen molar-refractivity contribution in [2.45, 2.75) is 12.5 Å². The second kappa shape index (κ2) is 5.22. The SMILES string of the molecule is NNC(Cc1ccoc1)c1ccnc2ccccc12. The fourth-order valence-electron chi connectivity index (χ4n) is 2.32. The van der Waals surface area contributed by atoms with Gasteiger partial charge in [0.2, 0.25) is 0 Å². The van der Waals surface area contributed by atoms with Gasteiger partial charge in [-0.05, 0) is 35.7 Å². The molecule has 4 heteroatoms. The monoisotopic (exact) mass is 253 g/mol. The molecule has 3 N–H and O–H groups in total. The molecule has 0 aliphatic heterocycles. The number of rotatable bonds is 4. The van der Waals surface area contributed by atoms with Crippen molar-refractivity contribution in [1.29, 1.82) is 0 Å². The number of hydrogen-bond acceptors (Lipinski definition) is 4. The number of aromatic nitrogens is 1. The van der Waals surface area contributed by atoms with Crippen molar-refractivity contribution in [2.24, 2.45) is 5.84 Å². The third-order valence-corrected chi connectivity index (χ3v) is 3.28. The Morgan fingerprint density at radius 2 is 2.11 bits per heavy atom. The predicted octanol–water partition coefficient (Wildman–Crippen LogP) is 2.57. The third-order valence-electron chi connectivity index (χ3n) is 3.28. The Morgan fingerprint density at radius 3 is 2.89 bits per heavy atom. The summed E-state index contributed by atoms with van der Waals surface area (Å²) in [5, 5.41) is 1.12. The van der Waals surface area contributed by atoms with E-state index in [9.17, 15) is 0 Å². The van der Waals surface area contributed by atoms with Crippen LogP contribution in [-0.2, 0) is 6.42 Å². The van der Waals surface area contributed by atoms with E-state index >= 15 is 0 Å². The summed E-state index contributed by atoms with van der Waals surface area (Å²) < 4.78 is 5.10. The number of furan rings is 1. The van der Waals surface area contributed by atoms with Gasteiger partial charge in [0.15, 0.2) is 0 Å². The lowest BCUT2D eigenvalue weighted by Gasteiger charge is -2.17. The van der Waals surface area contributed by atoms with Gasteiger partial charge in [0.25, 0.3) is 0 Å². The van der Waals surface area contributed by atoms with E-state index in [4.69, 9.17) is 10.3 Å². The number of nitrogens with two attached hydrogens (primary N) is 1. The van der Waals surface area contributed by atoms with Gasteiger partial charge >= 0.3 is 0 Å². The van der Waals surface area contributed by atoms with E-state index in [1.54, 1.807) is 12.5 Å². The molecular weight excluding hydrogens is 238 g/mol. The maximum Gasteiger partial charge on any atom is 0.0935 e. The average molecular weight is 253 g/mol. The molecule has 19 heavy (non-hydrogen) atoms. The average Bonchev–Trinajstić information content (AvgIpc) is 2.97. The van der Waals surface area contributed by atoms with Crippen LogP contribution in [0.15, 0.2) is 59.5 Å². The van der Waals surface area contributed by atoms with E-state index in [1.807, 2.05) is 36.5 Å². The van der Waals surface area contributed by atoms with Crippen LogP contribution in [0.5, 0.6) is 0 Å². The summed E-state index contributed by atoms with van der Waals surface area (Å²) in [5.74, 6) is 5.71. The number of para-hydroxylation sites is 1. The molecule has 0 bridgehead atoms. The highest BCUT2D eigenvalue weighted by atomic mass is 16.3. The molecule has 3 rings (SSSR count). The van der Waals surface area contributed by atoms with Gasteiger partial charge in [0.1, 0.15) is 0 Å². The van der Waals surface area contributed by atoms with Gasteiger partial charge in [0.05, 0.1) is 24.1 Å². The van der Waals surface area contributed by atoms with Gasteiger partial charge in [-0.15, -0.1) is 0 Å². The Labute approximate surface area is 111 Å². The summed E-state index contributed by atoms with van der Waals surface area (Å²) >= 11 is 0. The zero-order chi connectivity index (χ0) is 13.1. The summed E-state index contributed by atoms with van der Waals surface area (Å²) in [6, 6.07) is 12.1. The van der Waals surface area contributed by atoms with Gasteiger partial charge in [-0.2, -0.15) is 0 Å². The van der Waals surface area contributed by atoms with E-state index < -0.39 is 0 Å². The fourth-order valence-corrected chi connectivity index (χ4v) is 2.32. The van der Waals surface area contributed by atoms with Crippen LogP contribution in [0.3, 0.4) is 0 Å². The number of pyridine rings is 1. The lowest BCUT2D eigenvalue weighted by atomic mass is 9.98. The Balaban J connectivity index is 2.01. The lowest BCUT2D eigenvalue weighted by molar-refractivity contribution is 0.538. The molecule has 0 saturated heterocycles. The normalized spacial score (nSPS) is 12.7. The van der Waals surface area contributed by atoms with Crippen LogP contribution in [0, 0.1) is 0 Å². The van der Waals surface area contributed by atoms with Crippen molar-refractivity contribution in [3.63, 3.8) is 0 Å². The van der Waals surface area contributed by atoms with Gasteiger partial charge in [0, 0.05) is 11.6 Å². The Hall–Kier alpha value is -2.17. The Bertz CT molecular complexity index is 659. The fraction of sp³-hybridized carbons (Fsp3) is 0.133. The highest BCUT2D eigenvalue weighted by Crippen LogP contribution is 2.25. The summed E-state index contributed by atoms with van der Waals surface area (Å²) in [5.41, 5.74) is 6.12. The topological polar surface area (TPSA) is 64.1 Å². The van der Waals surface area contributed by atoms with Crippen molar-refractivity contribution in [3.8, 4) is 0 Å². The third kappa shape index (κ3) is 2.36. The summed E-state index contributed by atoms with van der Waals surface area (Å²) in [6.07, 6.45) is 6.01. The van der Waals surface area contributed by atoms with E-state index in [0.717, 1.165) is 28.5 Å². The van der Waals surface area contributed by atoms with Gasteiger partial charge < -0.3 is 4.42 Å². The second-order valence-electron chi connectivity index (χ2n) is 4.47. The van der Waals surface area contributed by atoms with Gasteiger partial charge in [-0.1, -0.05) is 18.2 Å². The van der Waals surface area contributed by atoms with Crippen LogP contribution >= 0.6 is 0 Å². The second-order valence-corrected chi connectivity index (χ2v) is 4.47. The number of hydrogen-bond donors (Lipinski definition) is 2. The van der Waals surface area contributed by atoms with Crippen molar-refractivity contribution < 1.29 is 4.42 Å². The van der Waals surface area contributed by atoms with Crippen molar-refractivity contribution >= 4 is 10.9 Å². The van der Waals surface area contributed by atoms with E-state index in [-0.39, 0.29) is 6.04 Å². The largest absolute Gasteiger partial charge is 0.472 e. The molecule has 2 heterocycles. The zero-order valence-corrected chi connectivity index (χ0v) is 10.4. The first-order valence-electron chi connectivity index (χ1n) is 6.19.